The molecule has 0 bridgehead atoms. The van der Waals surface area contributed by atoms with Crippen LogP contribution in [0.2, 0.25) is 0 Å². The Labute approximate surface area is 87.1 Å². The highest BCUT2D eigenvalue weighted by Gasteiger charge is 2.31. The number of carbonyl (C=O) groups is 1. The first-order valence-corrected chi connectivity index (χ1v) is 4.67. The van der Waals surface area contributed by atoms with Crippen molar-refractivity contribution < 1.29 is 14.6 Å². The zero-order valence-corrected chi connectivity index (χ0v) is 8.67. The molecule has 1 N–H and O–H groups in total. The number of ether oxygens (including phenoxy) is 1. The monoisotopic (exact) mass is 211 g/mol. The molecule has 1 aliphatic rings. The van der Waals surface area contributed by atoms with Crippen molar-refractivity contribution in [1.29, 1.82) is 0 Å². The summed E-state index contributed by atoms with van der Waals surface area (Å²) in [7, 11) is 3.24. The Morgan fingerprint density at radius 2 is 2.33 bits per heavy atom. The molecule has 2 rings (SSSR count). The lowest BCUT2D eigenvalue weighted by Gasteiger charge is -2.35. The van der Waals surface area contributed by atoms with Gasteiger partial charge in [-0.3, -0.25) is 4.79 Å². The van der Waals surface area contributed by atoms with Gasteiger partial charge in [0.1, 0.15) is 0 Å². The first-order valence-electron chi connectivity index (χ1n) is 4.67. The largest absolute Gasteiger partial charge is 0.481 e. The Balaban J connectivity index is 2.12. The fourth-order valence-corrected chi connectivity index (χ4v) is 1.53. The van der Waals surface area contributed by atoms with Crippen LogP contribution in [0.1, 0.15) is 10.5 Å². The Morgan fingerprint density at radius 3 is 2.80 bits per heavy atom. The summed E-state index contributed by atoms with van der Waals surface area (Å²) in [5.41, 5.74) is 0.348. The van der Waals surface area contributed by atoms with Gasteiger partial charge in [-0.25, -0.2) is 4.68 Å². The SMILES string of the molecule is COc1cc(C(=O)N2CC(O)C2)nn1C. The molecule has 0 aliphatic carbocycles. The summed E-state index contributed by atoms with van der Waals surface area (Å²) in [4.78, 5) is 13.3. The predicted molar refractivity (Wildman–Crippen MR) is 51.7 cm³/mol. The van der Waals surface area contributed by atoms with Gasteiger partial charge in [0.15, 0.2) is 5.69 Å². The zero-order chi connectivity index (χ0) is 11.0. The van der Waals surface area contributed by atoms with E-state index in [1.807, 2.05) is 0 Å². The molecule has 0 unspecified atom stereocenters. The van der Waals surface area contributed by atoms with E-state index in [0.717, 1.165) is 0 Å². The van der Waals surface area contributed by atoms with Crippen LogP contribution < -0.4 is 4.74 Å². The van der Waals surface area contributed by atoms with Crippen LogP contribution in [0.25, 0.3) is 0 Å². The highest BCUT2D eigenvalue weighted by atomic mass is 16.5. The zero-order valence-electron chi connectivity index (χ0n) is 8.67. The van der Waals surface area contributed by atoms with Crippen LogP contribution in [0.4, 0.5) is 0 Å². The number of amides is 1. The van der Waals surface area contributed by atoms with Crippen LogP contribution in [0.3, 0.4) is 0 Å². The fraction of sp³-hybridized carbons (Fsp3) is 0.556. The average molecular weight is 211 g/mol. The number of aliphatic hydroxyl groups is 1. The van der Waals surface area contributed by atoms with Crippen molar-refractivity contribution in [2.24, 2.45) is 7.05 Å². The van der Waals surface area contributed by atoms with Gasteiger partial charge in [-0.05, 0) is 0 Å². The number of aromatic nitrogens is 2. The molecule has 1 saturated heterocycles. The summed E-state index contributed by atoms with van der Waals surface area (Å²) >= 11 is 0. The molecule has 0 atom stereocenters. The predicted octanol–water partition coefficient (Wildman–Crippen LogP) is -0.755. The number of hydrogen-bond acceptors (Lipinski definition) is 4. The molecule has 1 aromatic rings. The van der Waals surface area contributed by atoms with Crippen LogP contribution in [-0.4, -0.2) is 52.0 Å². The van der Waals surface area contributed by atoms with E-state index >= 15 is 0 Å². The molecule has 0 aromatic carbocycles. The van der Waals surface area contributed by atoms with Crippen LogP contribution in [0.15, 0.2) is 6.07 Å². The van der Waals surface area contributed by atoms with E-state index in [2.05, 4.69) is 5.10 Å². The van der Waals surface area contributed by atoms with Gasteiger partial charge >= 0.3 is 0 Å². The smallest absolute Gasteiger partial charge is 0.274 e. The number of aliphatic hydroxyl groups excluding tert-OH is 1. The molecule has 1 aromatic heterocycles. The lowest BCUT2D eigenvalue weighted by atomic mass is 10.1. The van der Waals surface area contributed by atoms with Gasteiger partial charge < -0.3 is 14.7 Å². The summed E-state index contributed by atoms with van der Waals surface area (Å²) in [6, 6.07) is 1.59. The van der Waals surface area contributed by atoms with Gasteiger partial charge in [-0.1, -0.05) is 0 Å². The summed E-state index contributed by atoms with van der Waals surface area (Å²) < 4.78 is 6.51. The van der Waals surface area contributed by atoms with Crippen molar-refractivity contribution in [2.45, 2.75) is 6.10 Å². The third-order valence-corrected chi connectivity index (χ3v) is 2.41. The third-order valence-electron chi connectivity index (χ3n) is 2.41. The summed E-state index contributed by atoms with van der Waals surface area (Å²) in [5.74, 6) is 0.374. The topological polar surface area (TPSA) is 67.6 Å². The van der Waals surface area contributed by atoms with E-state index in [-0.39, 0.29) is 12.0 Å². The number of aryl methyl sites for hydroxylation is 1. The molecule has 82 valence electrons. The third kappa shape index (κ3) is 1.68. The number of hydrogen-bond donors (Lipinski definition) is 1. The first-order chi connectivity index (χ1) is 7.11. The summed E-state index contributed by atoms with van der Waals surface area (Å²) in [6.45, 7) is 0.773. The minimum atomic E-state index is -0.389. The van der Waals surface area contributed by atoms with Crippen LogP contribution in [0, 0.1) is 0 Å². The molecule has 1 aliphatic heterocycles. The van der Waals surface area contributed by atoms with E-state index in [1.54, 1.807) is 18.0 Å². The normalized spacial score (nSPS) is 16.3. The van der Waals surface area contributed by atoms with E-state index in [4.69, 9.17) is 9.84 Å². The molecule has 1 fully saturated rings. The second-order valence-corrected chi connectivity index (χ2v) is 3.56. The van der Waals surface area contributed by atoms with Crippen molar-refractivity contribution in [3.05, 3.63) is 11.8 Å². The second kappa shape index (κ2) is 3.54. The van der Waals surface area contributed by atoms with Crippen molar-refractivity contribution in [2.75, 3.05) is 20.2 Å². The lowest BCUT2D eigenvalue weighted by molar-refractivity contribution is 0.00546. The second-order valence-electron chi connectivity index (χ2n) is 3.56. The molecule has 0 spiro atoms. The van der Waals surface area contributed by atoms with Crippen molar-refractivity contribution >= 4 is 5.91 Å². The minimum absolute atomic E-state index is 0.167. The maximum Gasteiger partial charge on any atom is 0.274 e. The van der Waals surface area contributed by atoms with Gasteiger partial charge in [0, 0.05) is 26.2 Å². The Morgan fingerprint density at radius 1 is 1.67 bits per heavy atom. The number of methoxy groups -OCH3 is 1. The number of likely N-dealkylation sites (tertiary alicyclic amines) is 1. The molecule has 15 heavy (non-hydrogen) atoms. The van der Waals surface area contributed by atoms with Crippen molar-refractivity contribution in [1.82, 2.24) is 14.7 Å². The number of carbonyl (C=O) groups excluding carboxylic acids is 1. The first kappa shape index (κ1) is 9.97. The standard InChI is InChI=1S/C9H13N3O3/c1-11-8(15-2)3-7(10-11)9(14)12-4-6(13)5-12/h3,6,13H,4-5H2,1-2H3. The molecular weight excluding hydrogens is 198 g/mol. The van der Waals surface area contributed by atoms with Crippen molar-refractivity contribution in [3.63, 3.8) is 0 Å². The highest BCUT2D eigenvalue weighted by Crippen LogP contribution is 2.16. The Hall–Kier alpha value is -1.56. The summed E-state index contributed by atoms with van der Waals surface area (Å²) in [6.07, 6.45) is -0.389. The van der Waals surface area contributed by atoms with E-state index in [9.17, 15) is 4.79 Å². The molecule has 6 heteroatoms. The fourth-order valence-electron chi connectivity index (χ4n) is 1.53. The van der Waals surface area contributed by atoms with Gasteiger partial charge in [-0.15, -0.1) is 0 Å². The van der Waals surface area contributed by atoms with E-state index in [1.165, 1.54) is 11.8 Å². The quantitative estimate of drug-likeness (QED) is 0.698. The molecule has 0 radical (unpaired) electrons. The number of rotatable bonds is 2. The van der Waals surface area contributed by atoms with Gasteiger partial charge in [0.05, 0.1) is 13.2 Å². The number of β-amino-alcohol motifs (C(OH)–C–C–N with tert-alkyl or cyclic N) is 1. The van der Waals surface area contributed by atoms with E-state index < -0.39 is 0 Å². The van der Waals surface area contributed by atoms with Gasteiger partial charge in [0.2, 0.25) is 5.88 Å². The molecular formula is C9H13N3O3. The maximum atomic E-state index is 11.7. The average Bonchev–Trinajstić information content (AvgIpc) is 2.54. The maximum absolute atomic E-state index is 11.7. The van der Waals surface area contributed by atoms with Gasteiger partial charge in [-0.2, -0.15) is 5.10 Å². The van der Waals surface area contributed by atoms with Crippen LogP contribution >= 0.6 is 0 Å². The minimum Gasteiger partial charge on any atom is -0.481 e. The van der Waals surface area contributed by atoms with E-state index in [0.29, 0.717) is 24.7 Å². The summed E-state index contributed by atoms with van der Waals surface area (Å²) in [5, 5.41) is 13.1. The van der Waals surface area contributed by atoms with Gasteiger partial charge in [0.25, 0.3) is 5.91 Å². The highest BCUT2D eigenvalue weighted by molar-refractivity contribution is 5.93. The molecule has 0 saturated carbocycles. The Kier molecular flexibility index (Phi) is 2.36. The lowest BCUT2D eigenvalue weighted by Crippen LogP contribution is -2.53. The number of nitrogens with zero attached hydrogens (tertiary/aromatic N) is 3. The Bertz CT molecular complexity index is 382. The molecule has 6 nitrogen and oxygen atoms in total. The van der Waals surface area contributed by atoms with Crippen LogP contribution in [0.5, 0.6) is 5.88 Å². The molecule has 2 heterocycles. The van der Waals surface area contributed by atoms with Crippen molar-refractivity contribution in [3.8, 4) is 5.88 Å². The van der Waals surface area contributed by atoms with Crippen LogP contribution in [-0.2, 0) is 7.05 Å². The molecule has 1 amide bonds.